The van der Waals surface area contributed by atoms with Crippen LogP contribution in [0.1, 0.15) is 0 Å². The molecule has 6 heteroatoms. The second-order valence-corrected chi connectivity index (χ2v) is 4.74. The van der Waals surface area contributed by atoms with E-state index in [0.29, 0.717) is 28.8 Å². The van der Waals surface area contributed by atoms with Crippen molar-refractivity contribution in [3.8, 4) is 11.6 Å². The van der Waals surface area contributed by atoms with Crippen LogP contribution in [0.15, 0.2) is 42.7 Å². The fraction of sp³-hybridized carbons (Fsp3) is 0.133. The first-order valence-electron chi connectivity index (χ1n) is 6.46. The van der Waals surface area contributed by atoms with Crippen molar-refractivity contribution in [1.29, 1.82) is 0 Å². The van der Waals surface area contributed by atoms with Crippen molar-refractivity contribution >= 4 is 22.5 Å². The highest BCUT2D eigenvalue weighted by atomic mass is 16.5. The third-order valence-corrected chi connectivity index (χ3v) is 3.00. The van der Waals surface area contributed by atoms with Gasteiger partial charge in [-0.25, -0.2) is 4.98 Å². The summed E-state index contributed by atoms with van der Waals surface area (Å²) in [6.07, 6.45) is 3.37. The number of pyridine rings is 1. The van der Waals surface area contributed by atoms with E-state index in [1.165, 1.54) is 0 Å². The maximum atomic E-state index is 5.95. The molecule has 21 heavy (non-hydrogen) atoms. The summed E-state index contributed by atoms with van der Waals surface area (Å²) in [5, 5.41) is 0.858. The first-order chi connectivity index (χ1) is 10.1. The molecule has 0 aliphatic carbocycles. The maximum Gasteiger partial charge on any atom is 0.228 e. The second-order valence-electron chi connectivity index (χ2n) is 4.74. The van der Waals surface area contributed by atoms with Crippen molar-refractivity contribution in [3.63, 3.8) is 0 Å². The van der Waals surface area contributed by atoms with Gasteiger partial charge in [0.1, 0.15) is 5.52 Å². The number of aromatic nitrogens is 3. The average Bonchev–Trinajstić information content (AvgIpc) is 2.51. The number of hydrogen-bond donors (Lipinski definition) is 1. The number of nitrogens with zero attached hydrogens (tertiary/aromatic N) is 4. The lowest BCUT2D eigenvalue weighted by atomic mass is 10.2. The number of nitrogens with two attached hydrogens (primary N) is 1. The van der Waals surface area contributed by atoms with E-state index in [-0.39, 0.29) is 0 Å². The Labute approximate surface area is 122 Å². The molecule has 0 amide bonds. The van der Waals surface area contributed by atoms with Crippen LogP contribution in [0.5, 0.6) is 11.6 Å². The molecule has 106 valence electrons. The van der Waals surface area contributed by atoms with Gasteiger partial charge >= 0.3 is 0 Å². The summed E-state index contributed by atoms with van der Waals surface area (Å²) in [5.74, 6) is 1.66. The van der Waals surface area contributed by atoms with Crippen molar-refractivity contribution < 1.29 is 4.74 Å². The lowest BCUT2D eigenvalue weighted by Gasteiger charge is -2.12. The van der Waals surface area contributed by atoms with Gasteiger partial charge < -0.3 is 15.4 Å². The SMILES string of the molecule is CN(C)c1nccc(Oc2ccc(N)c3cccnc23)n1. The number of fused-ring (bicyclic) bond motifs is 1. The molecule has 0 atom stereocenters. The van der Waals surface area contributed by atoms with Gasteiger partial charge in [-0.1, -0.05) is 0 Å². The zero-order valence-electron chi connectivity index (χ0n) is 11.8. The van der Waals surface area contributed by atoms with Crippen LogP contribution in [0.2, 0.25) is 0 Å². The minimum absolute atomic E-state index is 0.463. The largest absolute Gasteiger partial charge is 0.437 e. The van der Waals surface area contributed by atoms with Crippen LogP contribution < -0.4 is 15.4 Å². The molecule has 0 saturated heterocycles. The number of nitrogen functional groups attached to an aromatic ring is 1. The van der Waals surface area contributed by atoms with Gasteiger partial charge in [-0.05, 0) is 24.3 Å². The third kappa shape index (κ3) is 2.55. The Morgan fingerprint density at radius 1 is 1.05 bits per heavy atom. The fourth-order valence-corrected chi connectivity index (χ4v) is 1.97. The lowest BCUT2D eigenvalue weighted by Crippen LogP contribution is -2.12. The number of hydrogen-bond acceptors (Lipinski definition) is 6. The molecule has 2 N–H and O–H groups in total. The Hall–Kier alpha value is -2.89. The molecule has 0 aliphatic heterocycles. The Kier molecular flexibility index (Phi) is 3.27. The van der Waals surface area contributed by atoms with E-state index in [0.717, 1.165) is 5.39 Å². The standard InChI is InChI=1S/C15H15N5O/c1-20(2)15-18-9-7-13(19-15)21-12-6-5-11(16)10-4-3-8-17-14(10)12/h3-9H,16H2,1-2H3. The quantitative estimate of drug-likeness (QED) is 0.743. The van der Waals surface area contributed by atoms with Crippen LogP contribution in [0.25, 0.3) is 10.9 Å². The smallest absolute Gasteiger partial charge is 0.228 e. The summed E-state index contributed by atoms with van der Waals surface area (Å²) >= 11 is 0. The highest BCUT2D eigenvalue weighted by Crippen LogP contribution is 2.31. The van der Waals surface area contributed by atoms with Gasteiger partial charge in [0.25, 0.3) is 0 Å². The summed E-state index contributed by atoms with van der Waals surface area (Å²) in [7, 11) is 3.75. The molecule has 0 bridgehead atoms. The molecular weight excluding hydrogens is 266 g/mol. The van der Waals surface area contributed by atoms with E-state index in [2.05, 4.69) is 15.0 Å². The Morgan fingerprint density at radius 2 is 1.90 bits per heavy atom. The number of benzene rings is 1. The molecule has 2 aromatic heterocycles. The molecule has 0 radical (unpaired) electrons. The fourth-order valence-electron chi connectivity index (χ4n) is 1.97. The third-order valence-electron chi connectivity index (χ3n) is 3.00. The lowest BCUT2D eigenvalue weighted by molar-refractivity contribution is 0.466. The number of rotatable bonds is 3. The molecule has 0 fully saturated rings. The van der Waals surface area contributed by atoms with Crippen molar-refractivity contribution in [2.45, 2.75) is 0 Å². The minimum atomic E-state index is 0.463. The normalized spacial score (nSPS) is 10.6. The van der Waals surface area contributed by atoms with Gasteiger partial charge in [-0.15, -0.1) is 0 Å². The van der Waals surface area contributed by atoms with E-state index in [1.807, 2.05) is 31.1 Å². The molecule has 0 spiro atoms. The predicted molar refractivity (Wildman–Crippen MR) is 82.6 cm³/mol. The summed E-state index contributed by atoms with van der Waals surface area (Å²) in [6, 6.07) is 9.06. The summed E-state index contributed by atoms with van der Waals surface area (Å²) in [5.41, 5.74) is 7.33. The van der Waals surface area contributed by atoms with Crippen LogP contribution in [-0.2, 0) is 0 Å². The highest BCUT2D eigenvalue weighted by Gasteiger charge is 2.09. The van der Waals surface area contributed by atoms with E-state index < -0.39 is 0 Å². The van der Waals surface area contributed by atoms with Gasteiger partial charge in [-0.2, -0.15) is 4.98 Å². The van der Waals surface area contributed by atoms with Gasteiger partial charge in [-0.3, -0.25) is 4.98 Å². The topological polar surface area (TPSA) is 77.2 Å². The van der Waals surface area contributed by atoms with Crippen LogP contribution >= 0.6 is 0 Å². The molecule has 1 aromatic carbocycles. The van der Waals surface area contributed by atoms with Crippen molar-refractivity contribution in [2.75, 3.05) is 24.7 Å². The summed E-state index contributed by atoms with van der Waals surface area (Å²) in [4.78, 5) is 14.6. The number of ether oxygens (including phenoxy) is 1. The molecular formula is C15H15N5O. The van der Waals surface area contributed by atoms with E-state index in [4.69, 9.17) is 10.5 Å². The number of anilines is 2. The zero-order chi connectivity index (χ0) is 14.8. The summed E-state index contributed by atoms with van der Waals surface area (Å²) < 4.78 is 5.84. The molecule has 3 rings (SSSR count). The van der Waals surface area contributed by atoms with Crippen LogP contribution in [0, 0.1) is 0 Å². The average molecular weight is 281 g/mol. The van der Waals surface area contributed by atoms with Crippen molar-refractivity contribution in [2.24, 2.45) is 0 Å². The van der Waals surface area contributed by atoms with Crippen molar-refractivity contribution in [1.82, 2.24) is 15.0 Å². The molecule has 0 aliphatic rings. The highest BCUT2D eigenvalue weighted by molar-refractivity contribution is 5.94. The minimum Gasteiger partial charge on any atom is -0.437 e. The van der Waals surface area contributed by atoms with E-state index >= 15 is 0 Å². The molecule has 3 aromatic rings. The van der Waals surface area contributed by atoms with E-state index in [9.17, 15) is 0 Å². The maximum absolute atomic E-state index is 5.95. The summed E-state index contributed by atoms with van der Waals surface area (Å²) in [6.45, 7) is 0. The van der Waals surface area contributed by atoms with Gasteiger partial charge in [0.05, 0.1) is 0 Å². The van der Waals surface area contributed by atoms with Gasteiger partial charge in [0, 0.05) is 43.6 Å². The zero-order valence-corrected chi connectivity index (χ0v) is 11.8. The monoisotopic (exact) mass is 281 g/mol. The van der Waals surface area contributed by atoms with Crippen molar-refractivity contribution in [3.05, 3.63) is 42.7 Å². The predicted octanol–water partition coefficient (Wildman–Crippen LogP) is 2.47. The van der Waals surface area contributed by atoms with Crippen LogP contribution in [0.3, 0.4) is 0 Å². The van der Waals surface area contributed by atoms with E-state index in [1.54, 1.807) is 30.6 Å². The molecule has 0 saturated carbocycles. The Morgan fingerprint density at radius 3 is 2.71 bits per heavy atom. The Balaban J connectivity index is 2.02. The molecule has 6 nitrogen and oxygen atoms in total. The first-order valence-corrected chi connectivity index (χ1v) is 6.46. The van der Waals surface area contributed by atoms with Gasteiger partial charge in [0.2, 0.25) is 11.8 Å². The van der Waals surface area contributed by atoms with Crippen LogP contribution in [0.4, 0.5) is 11.6 Å². The second kappa shape index (κ2) is 5.24. The van der Waals surface area contributed by atoms with Gasteiger partial charge in [0.15, 0.2) is 5.75 Å². The molecule has 0 unspecified atom stereocenters. The van der Waals surface area contributed by atoms with Crippen LogP contribution in [-0.4, -0.2) is 29.0 Å². The molecule has 2 heterocycles. The Bertz CT molecular complexity index is 788. The first kappa shape index (κ1) is 13.1.